The maximum absolute atomic E-state index is 11.5. The fourth-order valence-electron chi connectivity index (χ4n) is 5.54. The van der Waals surface area contributed by atoms with Gasteiger partial charge in [0.25, 0.3) is 0 Å². The molecule has 0 spiro atoms. The molecule has 4 fully saturated rings. The fourth-order valence-corrected chi connectivity index (χ4v) is 5.54. The highest BCUT2D eigenvalue weighted by molar-refractivity contribution is 5.72. The van der Waals surface area contributed by atoms with Gasteiger partial charge in [0.2, 0.25) is 0 Å². The third-order valence-corrected chi connectivity index (χ3v) is 5.49. The van der Waals surface area contributed by atoms with Crippen LogP contribution in [0.25, 0.3) is 0 Å². The summed E-state index contributed by atoms with van der Waals surface area (Å²) in [4.78, 5) is 11.5. The van der Waals surface area contributed by atoms with Crippen LogP contribution in [0, 0.1) is 29.1 Å². The zero-order valence-electron chi connectivity index (χ0n) is 10.4. The molecule has 2 atom stereocenters. The smallest absolute Gasteiger partial charge is 0.309 e. The number of carboxylic acids is 1. The second-order valence-corrected chi connectivity index (χ2v) is 6.84. The second kappa shape index (κ2) is 3.71. The number of rotatable bonds is 3. The van der Waals surface area contributed by atoms with Crippen LogP contribution in [-0.4, -0.2) is 22.3 Å². The molecule has 4 bridgehead atoms. The van der Waals surface area contributed by atoms with Crippen LogP contribution in [0.1, 0.15) is 45.4 Å². The number of carboxylic acid groups (broad SMARTS) is 1. The molecule has 3 heteroatoms. The second-order valence-electron chi connectivity index (χ2n) is 6.84. The predicted octanol–water partition coefficient (Wildman–Crippen LogP) is 2.28. The van der Waals surface area contributed by atoms with Gasteiger partial charge in [-0.2, -0.15) is 0 Å². The SMILES string of the molecule is CC(O)C(C(=O)O)C12CC3CC(CC(C3)C1)C2. The van der Waals surface area contributed by atoms with Crippen molar-refractivity contribution in [3.8, 4) is 0 Å². The Hall–Kier alpha value is -0.570. The van der Waals surface area contributed by atoms with Gasteiger partial charge < -0.3 is 10.2 Å². The van der Waals surface area contributed by atoms with Crippen molar-refractivity contribution in [2.45, 2.75) is 51.6 Å². The lowest BCUT2D eigenvalue weighted by Gasteiger charge is -2.59. The van der Waals surface area contributed by atoms with Gasteiger partial charge in [0.15, 0.2) is 0 Å². The van der Waals surface area contributed by atoms with Gasteiger partial charge in [0, 0.05) is 0 Å². The highest BCUT2D eigenvalue weighted by Crippen LogP contribution is 2.63. The molecule has 4 rings (SSSR count). The first-order chi connectivity index (χ1) is 8.00. The summed E-state index contributed by atoms with van der Waals surface area (Å²) in [6.07, 6.45) is 6.34. The fraction of sp³-hybridized carbons (Fsp3) is 0.929. The number of hydrogen-bond donors (Lipinski definition) is 2. The summed E-state index contributed by atoms with van der Waals surface area (Å²) in [5.41, 5.74) is -0.0885. The predicted molar refractivity (Wildman–Crippen MR) is 63.4 cm³/mol. The summed E-state index contributed by atoms with van der Waals surface area (Å²) in [6.45, 7) is 1.65. The van der Waals surface area contributed by atoms with Crippen molar-refractivity contribution < 1.29 is 15.0 Å². The van der Waals surface area contributed by atoms with E-state index in [2.05, 4.69) is 0 Å². The van der Waals surface area contributed by atoms with Crippen molar-refractivity contribution in [2.24, 2.45) is 29.1 Å². The first-order valence-electron chi connectivity index (χ1n) is 6.91. The molecule has 0 amide bonds. The number of aliphatic carboxylic acids is 1. The molecule has 0 aromatic rings. The average Bonchev–Trinajstić information content (AvgIpc) is 2.11. The third-order valence-electron chi connectivity index (χ3n) is 5.49. The van der Waals surface area contributed by atoms with E-state index in [0.717, 1.165) is 37.0 Å². The molecule has 4 aliphatic carbocycles. The van der Waals surface area contributed by atoms with E-state index in [9.17, 15) is 15.0 Å². The third kappa shape index (κ3) is 1.70. The van der Waals surface area contributed by atoms with Gasteiger partial charge in [-0.3, -0.25) is 4.79 Å². The van der Waals surface area contributed by atoms with Crippen LogP contribution >= 0.6 is 0 Å². The number of hydrogen-bond acceptors (Lipinski definition) is 2. The molecular weight excluding hydrogens is 216 g/mol. The van der Waals surface area contributed by atoms with Crippen molar-refractivity contribution in [1.82, 2.24) is 0 Å². The summed E-state index contributed by atoms with van der Waals surface area (Å²) < 4.78 is 0. The van der Waals surface area contributed by atoms with E-state index in [1.165, 1.54) is 19.3 Å². The Morgan fingerprint density at radius 3 is 1.82 bits per heavy atom. The maximum Gasteiger partial charge on any atom is 0.309 e. The van der Waals surface area contributed by atoms with Crippen LogP contribution in [0.2, 0.25) is 0 Å². The van der Waals surface area contributed by atoms with Crippen molar-refractivity contribution in [3.05, 3.63) is 0 Å². The van der Waals surface area contributed by atoms with Crippen LogP contribution in [0.5, 0.6) is 0 Å². The molecular formula is C14H22O3. The Morgan fingerprint density at radius 1 is 1.12 bits per heavy atom. The zero-order chi connectivity index (χ0) is 12.2. The number of aliphatic hydroxyl groups excluding tert-OH is 1. The van der Waals surface area contributed by atoms with E-state index in [0.29, 0.717) is 0 Å². The van der Waals surface area contributed by atoms with Crippen LogP contribution in [0.15, 0.2) is 0 Å². The molecule has 3 nitrogen and oxygen atoms in total. The monoisotopic (exact) mass is 238 g/mol. The molecule has 0 heterocycles. The van der Waals surface area contributed by atoms with Crippen molar-refractivity contribution in [2.75, 3.05) is 0 Å². The van der Waals surface area contributed by atoms with Crippen molar-refractivity contribution in [1.29, 1.82) is 0 Å². The van der Waals surface area contributed by atoms with Gasteiger partial charge in [-0.15, -0.1) is 0 Å². The van der Waals surface area contributed by atoms with Crippen LogP contribution < -0.4 is 0 Å². The van der Waals surface area contributed by atoms with Gasteiger partial charge in [0.1, 0.15) is 0 Å². The van der Waals surface area contributed by atoms with Crippen LogP contribution in [-0.2, 0) is 4.79 Å². The summed E-state index contributed by atoms with van der Waals surface area (Å²) in [7, 11) is 0. The normalized spacial score (nSPS) is 46.8. The summed E-state index contributed by atoms with van der Waals surface area (Å²) in [5, 5.41) is 19.3. The minimum atomic E-state index is -0.790. The number of aliphatic hydroxyl groups is 1. The highest BCUT2D eigenvalue weighted by atomic mass is 16.4. The van der Waals surface area contributed by atoms with Crippen molar-refractivity contribution >= 4 is 5.97 Å². The first-order valence-corrected chi connectivity index (χ1v) is 6.91. The van der Waals surface area contributed by atoms with E-state index < -0.39 is 18.0 Å². The molecule has 0 aliphatic heterocycles. The van der Waals surface area contributed by atoms with E-state index in [-0.39, 0.29) is 5.41 Å². The van der Waals surface area contributed by atoms with E-state index in [4.69, 9.17) is 0 Å². The minimum absolute atomic E-state index is 0.0885. The summed E-state index contributed by atoms with van der Waals surface area (Å²) in [5.74, 6) is 0.878. The van der Waals surface area contributed by atoms with Gasteiger partial charge in [-0.25, -0.2) is 0 Å². The van der Waals surface area contributed by atoms with E-state index in [1.807, 2.05) is 0 Å². The summed E-state index contributed by atoms with van der Waals surface area (Å²) in [6, 6.07) is 0. The average molecular weight is 238 g/mol. The Kier molecular flexibility index (Phi) is 2.51. The topological polar surface area (TPSA) is 57.5 Å². The Balaban J connectivity index is 1.92. The molecule has 0 radical (unpaired) electrons. The largest absolute Gasteiger partial charge is 0.481 e. The first kappa shape index (κ1) is 11.5. The van der Waals surface area contributed by atoms with Crippen LogP contribution in [0.3, 0.4) is 0 Å². The standard InChI is InChI=1S/C14H22O3/c1-8(15)12(13(16)17)14-5-9-2-10(6-14)4-11(3-9)7-14/h8-12,15H,2-7H2,1H3,(H,16,17). The molecule has 0 aromatic heterocycles. The maximum atomic E-state index is 11.5. The minimum Gasteiger partial charge on any atom is -0.481 e. The molecule has 0 aromatic carbocycles. The molecule has 2 unspecified atom stereocenters. The zero-order valence-corrected chi connectivity index (χ0v) is 10.4. The van der Waals surface area contributed by atoms with Crippen LogP contribution in [0.4, 0.5) is 0 Å². The highest BCUT2D eigenvalue weighted by Gasteiger charge is 2.57. The molecule has 96 valence electrons. The Bertz CT molecular complexity index is 299. The molecule has 0 saturated heterocycles. The van der Waals surface area contributed by atoms with Gasteiger partial charge in [0.05, 0.1) is 12.0 Å². The lowest BCUT2D eigenvalue weighted by molar-refractivity contribution is -0.167. The summed E-state index contributed by atoms with van der Waals surface area (Å²) >= 11 is 0. The van der Waals surface area contributed by atoms with E-state index in [1.54, 1.807) is 6.92 Å². The van der Waals surface area contributed by atoms with Gasteiger partial charge >= 0.3 is 5.97 Å². The molecule has 4 saturated carbocycles. The van der Waals surface area contributed by atoms with E-state index >= 15 is 0 Å². The van der Waals surface area contributed by atoms with Crippen molar-refractivity contribution in [3.63, 3.8) is 0 Å². The number of carbonyl (C=O) groups is 1. The lowest BCUT2D eigenvalue weighted by atomic mass is 9.46. The lowest BCUT2D eigenvalue weighted by Crippen LogP contribution is -2.54. The molecule has 17 heavy (non-hydrogen) atoms. The van der Waals surface area contributed by atoms with Gasteiger partial charge in [-0.05, 0) is 68.6 Å². The molecule has 4 aliphatic rings. The Morgan fingerprint density at radius 2 is 1.53 bits per heavy atom. The molecule has 2 N–H and O–H groups in total. The Labute approximate surface area is 102 Å². The quantitative estimate of drug-likeness (QED) is 0.793. The van der Waals surface area contributed by atoms with Gasteiger partial charge in [-0.1, -0.05) is 0 Å².